The van der Waals surface area contributed by atoms with Crippen molar-refractivity contribution in [3.63, 3.8) is 0 Å². The molecule has 0 N–H and O–H groups in total. The van der Waals surface area contributed by atoms with Crippen molar-refractivity contribution in [2.75, 3.05) is 0 Å². The van der Waals surface area contributed by atoms with E-state index in [0.29, 0.717) is 0 Å². The first-order chi connectivity index (χ1) is 9.24. The predicted molar refractivity (Wildman–Crippen MR) is 86.5 cm³/mol. The Hall–Kier alpha value is -1.62. The maximum absolute atomic E-state index is 4.48. The van der Waals surface area contributed by atoms with Crippen LogP contribution in [0.4, 0.5) is 0 Å². The van der Waals surface area contributed by atoms with Gasteiger partial charge in [-0.1, -0.05) is 29.8 Å². The summed E-state index contributed by atoms with van der Waals surface area (Å²) in [6, 6.07) is 16.9. The highest BCUT2D eigenvalue weighted by atomic mass is 127. The van der Waals surface area contributed by atoms with Gasteiger partial charge in [0.2, 0.25) is 0 Å². The van der Waals surface area contributed by atoms with Crippen LogP contribution in [0.5, 0.6) is 0 Å². The lowest BCUT2D eigenvalue weighted by molar-refractivity contribution is 1.07. The fourth-order valence-corrected chi connectivity index (χ4v) is 2.39. The molecule has 0 aliphatic rings. The summed E-state index contributed by atoms with van der Waals surface area (Å²) >= 11 is 2.31. The maximum atomic E-state index is 4.48. The first-order valence-electron chi connectivity index (χ1n) is 6.10. The highest BCUT2D eigenvalue weighted by Crippen LogP contribution is 2.22. The molecule has 1 heterocycles. The fourth-order valence-electron chi connectivity index (χ4n) is 2.03. The van der Waals surface area contributed by atoms with Crippen molar-refractivity contribution >= 4 is 22.6 Å². The molecule has 0 radical (unpaired) electrons. The molecule has 19 heavy (non-hydrogen) atoms. The molecule has 0 fully saturated rings. The van der Waals surface area contributed by atoms with E-state index in [9.17, 15) is 0 Å². The molecule has 3 aromatic rings. The van der Waals surface area contributed by atoms with Crippen molar-refractivity contribution in [1.29, 1.82) is 0 Å². The van der Waals surface area contributed by atoms with Gasteiger partial charge in [-0.2, -0.15) is 0 Å². The lowest BCUT2D eigenvalue weighted by Gasteiger charge is -2.08. The van der Waals surface area contributed by atoms with Gasteiger partial charge in [-0.05, 0) is 53.8 Å². The van der Waals surface area contributed by atoms with E-state index in [1.54, 1.807) is 0 Å². The first-order valence-corrected chi connectivity index (χ1v) is 7.18. The highest BCUT2D eigenvalue weighted by molar-refractivity contribution is 14.1. The molecular formula is C16H13IN2. The highest BCUT2D eigenvalue weighted by Gasteiger charge is 2.07. The van der Waals surface area contributed by atoms with Crippen molar-refractivity contribution in [2.24, 2.45) is 0 Å². The molecule has 0 atom stereocenters. The summed E-state index contributed by atoms with van der Waals surface area (Å²) < 4.78 is 3.35. The molecule has 0 spiro atoms. The lowest BCUT2D eigenvalue weighted by atomic mass is 10.1. The molecule has 2 nitrogen and oxygen atoms in total. The lowest BCUT2D eigenvalue weighted by Crippen LogP contribution is -1.96. The average molecular weight is 360 g/mol. The molecule has 0 saturated carbocycles. The van der Waals surface area contributed by atoms with Gasteiger partial charge < -0.3 is 0 Å². The van der Waals surface area contributed by atoms with Gasteiger partial charge in [0.15, 0.2) is 0 Å². The minimum Gasteiger partial charge on any atom is -0.300 e. The zero-order chi connectivity index (χ0) is 13.2. The Morgan fingerprint density at radius 1 is 0.947 bits per heavy atom. The number of hydrogen-bond donors (Lipinski definition) is 0. The summed E-state index contributed by atoms with van der Waals surface area (Å²) in [6.07, 6.45) is 3.84. The van der Waals surface area contributed by atoms with Crippen LogP contribution >= 0.6 is 22.6 Å². The van der Waals surface area contributed by atoms with E-state index in [2.05, 4.69) is 87.6 Å². The molecule has 0 amide bonds. The third-order valence-corrected chi connectivity index (χ3v) is 3.77. The van der Waals surface area contributed by atoms with E-state index in [4.69, 9.17) is 0 Å². The Bertz CT molecular complexity index is 622. The Kier molecular flexibility index (Phi) is 3.38. The standard InChI is InChI=1S/C16H13IN2/c1-12-2-4-13(5-3-12)16-18-10-11-19(16)15-8-6-14(17)7-9-15/h2-11H,1H3. The van der Waals surface area contributed by atoms with Crippen molar-refractivity contribution in [3.05, 3.63) is 70.1 Å². The number of rotatable bonds is 2. The fraction of sp³-hybridized carbons (Fsp3) is 0.0625. The van der Waals surface area contributed by atoms with Gasteiger partial charge in [0, 0.05) is 27.2 Å². The van der Waals surface area contributed by atoms with Crippen molar-refractivity contribution in [2.45, 2.75) is 6.92 Å². The largest absolute Gasteiger partial charge is 0.300 e. The third kappa shape index (κ3) is 2.56. The van der Waals surface area contributed by atoms with Gasteiger partial charge in [0.25, 0.3) is 0 Å². The van der Waals surface area contributed by atoms with Crippen molar-refractivity contribution in [1.82, 2.24) is 9.55 Å². The topological polar surface area (TPSA) is 17.8 Å². The van der Waals surface area contributed by atoms with Gasteiger partial charge in [-0.3, -0.25) is 4.57 Å². The molecule has 94 valence electrons. The van der Waals surface area contributed by atoms with E-state index in [1.165, 1.54) is 9.13 Å². The van der Waals surface area contributed by atoms with Gasteiger partial charge in [0.05, 0.1) is 0 Å². The van der Waals surface area contributed by atoms with E-state index in [0.717, 1.165) is 17.1 Å². The smallest absolute Gasteiger partial charge is 0.144 e. The number of halogens is 1. The van der Waals surface area contributed by atoms with Crippen LogP contribution in [-0.2, 0) is 0 Å². The van der Waals surface area contributed by atoms with Crippen LogP contribution in [0.2, 0.25) is 0 Å². The quantitative estimate of drug-likeness (QED) is 0.618. The number of hydrogen-bond acceptors (Lipinski definition) is 1. The Morgan fingerprint density at radius 2 is 1.63 bits per heavy atom. The Balaban J connectivity index is 2.07. The van der Waals surface area contributed by atoms with Crippen LogP contribution in [-0.4, -0.2) is 9.55 Å². The first kappa shape index (κ1) is 12.4. The van der Waals surface area contributed by atoms with E-state index >= 15 is 0 Å². The zero-order valence-electron chi connectivity index (χ0n) is 10.5. The molecule has 2 aromatic carbocycles. The number of aryl methyl sites for hydroxylation is 1. The zero-order valence-corrected chi connectivity index (χ0v) is 12.7. The van der Waals surface area contributed by atoms with Crippen LogP contribution < -0.4 is 0 Å². The normalized spacial score (nSPS) is 10.6. The number of benzene rings is 2. The van der Waals surface area contributed by atoms with Crippen molar-refractivity contribution < 1.29 is 0 Å². The predicted octanol–water partition coefficient (Wildman–Crippen LogP) is 4.45. The summed E-state index contributed by atoms with van der Waals surface area (Å²) in [5.74, 6) is 0.973. The number of aromatic nitrogens is 2. The summed E-state index contributed by atoms with van der Waals surface area (Å²) in [5.41, 5.74) is 3.53. The summed E-state index contributed by atoms with van der Waals surface area (Å²) in [4.78, 5) is 4.48. The maximum Gasteiger partial charge on any atom is 0.144 e. The van der Waals surface area contributed by atoms with E-state index in [1.807, 2.05) is 12.4 Å². The molecule has 3 rings (SSSR count). The second-order valence-corrected chi connectivity index (χ2v) is 5.71. The monoisotopic (exact) mass is 360 g/mol. The van der Waals surface area contributed by atoms with E-state index in [-0.39, 0.29) is 0 Å². The molecular weight excluding hydrogens is 347 g/mol. The second kappa shape index (κ2) is 5.17. The molecule has 3 heteroatoms. The van der Waals surface area contributed by atoms with Crippen LogP contribution in [0.15, 0.2) is 60.9 Å². The Labute approximate surface area is 126 Å². The molecule has 0 aliphatic heterocycles. The van der Waals surface area contributed by atoms with Crippen molar-refractivity contribution in [3.8, 4) is 17.1 Å². The number of nitrogens with zero attached hydrogens (tertiary/aromatic N) is 2. The average Bonchev–Trinajstić information content (AvgIpc) is 2.90. The van der Waals surface area contributed by atoms with Crippen LogP contribution in [0.3, 0.4) is 0 Å². The second-order valence-electron chi connectivity index (χ2n) is 4.46. The summed E-state index contributed by atoms with van der Waals surface area (Å²) in [6.45, 7) is 2.09. The van der Waals surface area contributed by atoms with Gasteiger partial charge in [0.1, 0.15) is 5.82 Å². The summed E-state index contributed by atoms with van der Waals surface area (Å²) in [5, 5.41) is 0. The third-order valence-electron chi connectivity index (χ3n) is 3.06. The molecule has 0 bridgehead atoms. The Morgan fingerprint density at radius 3 is 2.32 bits per heavy atom. The SMILES string of the molecule is Cc1ccc(-c2nccn2-c2ccc(I)cc2)cc1. The number of imidazole rings is 1. The van der Waals surface area contributed by atoms with Gasteiger partial charge in [-0.25, -0.2) is 4.98 Å². The van der Waals surface area contributed by atoms with Gasteiger partial charge >= 0.3 is 0 Å². The van der Waals surface area contributed by atoms with Gasteiger partial charge in [-0.15, -0.1) is 0 Å². The molecule has 0 aliphatic carbocycles. The molecule has 0 saturated heterocycles. The van der Waals surface area contributed by atoms with Crippen LogP contribution in [0, 0.1) is 10.5 Å². The van der Waals surface area contributed by atoms with Crippen LogP contribution in [0.25, 0.3) is 17.1 Å². The molecule has 0 unspecified atom stereocenters. The minimum atomic E-state index is 0.973. The van der Waals surface area contributed by atoms with Crippen LogP contribution in [0.1, 0.15) is 5.56 Å². The molecule has 1 aromatic heterocycles. The van der Waals surface area contributed by atoms with E-state index < -0.39 is 0 Å². The summed E-state index contributed by atoms with van der Waals surface area (Å²) in [7, 11) is 0. The minimum absolute atomic E-state index is 0.973.